The van der Waals surface area contributed by atoms with Gasteiger partial charge < -0.3 is 10.6 Å². The second-order valence-electron chi connectivity index (χ2n) is 6.78. The molecule has 0 bridgehead atoms. The molecule has 0 unspecified atom stereocenters. The molecule has 0 saturated heterocycles. The summed E-state index contributed by atoms with van der Waals surface area (Å²) in [6.45, 7) is 9.73. The van der Waals surface area contributed by atoms with E-state index in [0.29, 0.717) is 16.1 Å². The predicted octanol–water partition coefficient (Wildman–Crippen LogP) is 5.11. The van der Waals surface area contributed by atoms with E-state index in [9.17, 15) is 0 Å². The van der Waals surface area contributed by atoms with E-state index in [2.05, 4.69) is 38.3 Å². The lowest BCUT2D eigenvalue weighted by atomic mass is 9.87. The summed E-state index contributed by atoms with van der Waals surface area (Å²) < 4.78 is 0. The van der Waals surface area contributed by atoms with Crippen molar-refractivity contribution in [3.63, 3.8) is 0 Å². The maximum atomic E-state index is 6.20. The maximum absolute atomic E-state index is 6.20. The molecule has 0 aromatic heterocycles. The third-order valence-corrected chi connectivity index (χ3v) is 4.77. The molecule has 1 aliphatic rings. The Morgan fingerprint density at radius 1 is 1.14 bits per heavy atom. The Labute approximate surface area is 137 Å². The molecule has 0 amide bonds. The number of hydrogen-bond donors (Lipinski definition) is 2. The van der Waals surface area contributed by atoms with E-state index < -0.39 is 0 Å². The van der Waals surface area contributed by atoms with Gasteiger partial charge in [0.15, 0.2) is 0 Å². The summed E-state index contributed by atoms with van der Waals surface area (Å²) in [4.78, 5) is 0. The van der Waals surface area contributed by atoms with Crippen LogP contribution in [0.3, 0.4) is 0 Å². The molecular weight excluding hydrogens is 303 g/mol. The number of halogens is 2. The van der Waals surface area contributed by atoms with E-state index in [4.69, 9.17) is 23.2 Å². The molecule has 0 spiro atoms. The van der Waals surface area contributed by atoms with Crippen LogP contribution in [-0.2, 0) is 6.54 Å². The SMILES string of the molecule is C[C@@H](NC1=C(NCc2ccc(Cl)cc2Cl)CC1)C(C)(C)C. The molecule has 2 rings (SSSR count). The third-order valence-electron chi connectivity index (χ3n) is 4.19. The summed E-state index contributed by atoms with van der Waals surface area (Å²) in [5.74, 6) is 0. The van der Waals surface area contributed by atoms with Crippen LogP contribution in [0.25, 0.3) is 0 Å². The summed E-state index contributed by atoms with van der Waals surface area (Å²) in [7, 11) is 0. The lowest BCUT2D eigenvalue weighted by molar-refractivity contribution is 0.295. The molecule has 0 aliphatic heterocycles. The summed E-state index contributed by atoms with van der Waals surface area (Å²) >= 11 is 12.1. The average molecular weight is 327 g/mol. The van der Waals surface area contributed by atoms with E-state index >= 15 is 0 Å². The zero-order valence-electron chi connectivity index (χ0n) is 13.2. The van der Waals surface area contributed by atoms with Gasteiger partial charge in [0, 0.05) is 34.0 Å². The van der Waals surface area contributed by atoms with E-state index in [1.165, 1.54) is 11.4 Å². The topological polar surface area (TPSA) is 24.1 Å². The van der Waals surface area contributed by atoms with Crippen LogP contribution >= 0.6 is 23.2 Å². The molecule has 21 heavy (non-hydrogen) atoms. The largest absolute Gasteiger partial charge is 0.384 e. The van der Waals surface area contributed by atoms with Crippen molar-refractivity contribution in [1.29, 1.82) is 0 Å². The average Bonchev–Trinajstić information content (AvgIpc) is 2.35. The van der Waals surface area contributed by atoms with Crippen LogP contribution in [0, 0.1) is 5.41 Å². The highest BCUT2D eigenvalue weighted by molar-refractivity contribution is 6.35. The molecule has 4 heteroatoms. The lowest BCUT2D eigenvalue weighted by Crippen LogP contribution is -2.40. The zero-order valence-corrected chi connectivity index (χ0v) is 14.7. The zero-order chi connectivity index (χ0) is 15.6. The fourth-order valence-electron chi connectivity index (χ4n) is 2.07. The highest BCUT2D eigenvalue weighted by atomic mass is 35.5. The second-order valence-corrected chi connectivity index (χ2v) is 7.62. The minimum atomic E-state index is 0.257. The molecule has 1 aliphatic carbocycles. The van der Waals surface area contributed by atoms with Gasteiger partial charge in [0.05, 0.1) is 0 Å². The van der Waals surface area contributed by atoms with Crippen molar-refractivity contribution in [2.45, 2.75) is 53.1 Å². The maximum Gasteiger partial charge on any atom is 0.0470 e. The van der Waals surface area contributed by atoms with Crippen LogP contribution in [0.4, 0.5) is 0 Å². The number of rotatable bonds is 5. The van der Waals surface area contributed by atoms with Crippen LogP contribution in [0.15, 0.2) is 29.6 Å². The third kappa shape index (κ3) is 4.31. The Morgan fingerprint density at radius 3 is 2.33 bits per heavy atom. The molecule has 0 fully saturated rings. The van der Waals surface area contributed by atoms with Gasteiger partial charge in [-0.3, -0.25) is 0 Å². The van der Waals surface area contributed by atoms with Crippen LogP contribution in [-0.4, -0.2) is 6.04 Å². The minimum absolute atomic E-state index is 0.257. The number of benzene rings is 1. The van der Waals surface area contributed by atoms with Crippen molar-refractivity contribution in [3.05, 3.63) is 45.2 Å². The van der Waals surface area contributed by atoms with Crippen LogP contribution < -0.4 is 10.6 Å². The van der Waals surface area contributed by atoms with Crippen molar-refractivity contribution in [1.82, 2.24) is 10.6 Å². The highest BCUT2D eigenvalue weighted by Crippen LogP contribution is 2.28. The van der Waals surface area contributed by atoms with Gasteiger partial charge in [-0.1, -0.05) is 50.0 Å². The Balaban J connectivity index is 1.95. The van der Waals surface area contributed by atoms with Crippen molar-refractivity contribution in [2.24, 2.45) is 5.41 Å². The Bertz CT molecular complexity index is 544. The predicted molar refractivity (Wildman–Crippen MR) is 91.6 cm³/mol. The standard InChI is InChI=1S/C17H24Cl2N2/c1-11(17(2,3)4)21-16-8-7-15(16)20-10-12-5-6-13(18)9-14(12)19/h5-6,9,11,20-21H,7-8,10H2,1-4H3/t11-/m1/s1. The monoisotopic (exact) mass is 326 g/mol. The van der Waals surface area contributed by atoms with Gasteiger partial charge in [0.2, 0.25) is 0 Å². The quantitative estimate of drug-likeness (QED) is 0.785. The van der Waals surface area contributed by atoms with Gasteiger partial charge >= 0.3 is 0 Å². The number of allylic oxidation sites excluding steroid dienone is 2. The Hall–Kier alpha value is -0.860. The highest BCUT2D eigenvalue weighted by Gasteiger charge is 2.24. The Kier molecular flexibility index (Phi) is 5.11. The van der Waals surface area contributed by atoms with Gasteiger partial charge in [0.25, 0.3) is 0 Å². The Morgan fingerprint density at radius 2 is 1.81 bits per heavy atom. The lowest BCUT2D eigenvalue weighted by Gasteiger charge is -2.34. The first-order valence-electron chi connectivity index (χ1n) is 7.43. The first-order valence-corrected chi connectivity index (χ1v) is 8.19. The van der Waals surface area contributed by atoms with Gasteiger partial charge in [-0.2, -0.15) is 0 Å². The van der Waals surface area contributed by atoms with Gasteiger partial charge in [-0.25, -0.2) is 0 Å². The molecule has 1 atom stereocenters. The molecule has 0 radical (unpaired) electrons. The number of nitrogens with one attached hydrogen (secondary N) is 2. The fourth-order valence-corrected chi connectivity index (χ4v) is 2.55. The minimum Gasteiger partial charge on any atom is -0.384 e. The van der Waals surface area contributed by atoms with Crippen LogP contribution in [0.2, 0.25) is 10.0 Å². The van der Waals surface area contributed by atoms with Crippen molar-refractivity contribution >= 4 is 23.2 Å². The summed E-state index contributed by atoms with van der Waals surface area (Å²) in [6, 6.07) is 6.09. The van der Waals surface area contributed by atoms with Crippen molar-refractivity contribution < 1.29 is 0 Å². The normalized spacial score (nSPS) is 16.5. The molecule has 2 N–H and O–H groups in total. The second kappa shape index (κ2) is 6.50. The summed E-state index contributed by atoms with van der Waals surface area (Å²) in [5.41, 5.74) is 3.97. The van der Waals surface area contributed by atoms with E-state index in [1.54, 1.807) is 6.07 Å². The summed E-state index contributed by atoms with van der Waals surface area (Å²) in [5, 5.41) is 8.51. The molecule has 0 heterocycles. The van der Waals surface area contributed by atoms with Gasteiger partial charge in [-0.15, -0.1) is 0 Å². The van der Waals surface area contributed by atoms with Crippen molar-refractivity contribution in [3.8, 4) is 0 Å². The van der Waals surface area contributed by atoms with Crippen LogP contribution in [0.5, 0.6) is 0 Å². The first kappa shape index (κ1) is 16.5. The van der Waals surface area contributed by atoms with Gasteiger partial charge in [-0.05, 0) is 42.9 Å². The molecule has 0 saturated carbocycles. The molecule has 1 aromatic carbocycles. The molecule has 1 aromatic rings. The van der Waals surface area contributed by atoms with E-state index in [0.717, 1.165) is 24.9 Å². The van der Waals surface area contributed by atoms with Crippen molar-refractivity contribution in [2.75, 3.05) is 0 Å². The summed E-state index contributed by atoms with van der Waals surface area (Å²) in [6.07, 6.45) is 2.22. The molecule has 116 valence electrons. The molecular formula is C17H24Cl2N2. The fraction of sp³-hybridized carbons (Fsp3) is 0.529. The van der Waals surface area contributed by atoms with E-state index in [1.807, 2.05) is 12.1 Å². The van der Waals surface area contributed by atoms with Gasteiger partial charge in [0.1, 0.15) is 0 Å². The molecule has 2 nitrogen and oxygen atoms in total. The van der Waals surface area contributed by atoms with E-state index in [-0.39, 0.29) is 5.41 Å². The first-order chi connectivity index (χ1) is 9.77. The smallest absolute Gasteiger partial charge is 0.0470 e. The van der Waals surface area contributed by atoms with Crippen LogP contribution in [0.1, 0.15) is 46.1 Å². The number of hydrogen-bond acceptors (Lipinski definition) is 2.